The summed E-state index contributed by atoms with van der Waals surface area (Å²) < 4.78 is 6.03. The molecule has 1 aliphatic heterocycles. The summed E-state index contributed by atoms with van der Waals surface area (Å²) >= 11 is 0. The third-order valence-electron chi connectivity index (χ3n) is 6.80. The van der Waals surface area contributed by atoms with E-state index < -0.39 is 0 Å². The van der Waals surface area contributed by atoms with Gasteiger partial charge in [0.15, 0.2) is 0 Å². The van der Waals surface area contributed by atoms with Crippen molar-refractivity contribution in [2.75, 3.05) is 12.4 Å². The summed E-state index contributed by atoms with van der Waals surface area (Å²) in [5.41, 5.74) is 8.42. The molecule has 31 heavy (non-hydrogen) atoms. The van der Waals surface area contributed by atoms with E-state index in [4.69, 9.17) is 9.73 Å². The molecule has 2 aromatic rings. The second kappa shape index (κ2) is 9.27. The van der Waals surface area contributed by atoms with Gasteiger partial charge in [0.25, 0.3) is 0 Å². The van der Waals surface area contributed by atoms with E-state index in [0.29, 0.717) is 0 Å². The molecule has 1 heterocycles. The fourth-order valence-corrected chi connectivity index (χ4v) is 5.13. The van der Waals surface area contributed by atoms with E-state index in [-0.39, 0.29) is 23.8 Å². The Morgan fingerprint density at radius 1 is 1.13 bits per heavy atom. The van der Waals surface area contributed by atoms with Crippen molar-refractivity contribution in [3.8, 4) is 5.75 Å². The molecule has 4 nitrogen and oxygen atoms in total. The Morgan fingerprint density at radius 2 is 1.87 bits per heavy atom. The number of methoxy groups -OCH3 is 1. The van der Waals surface area contributed by atoms with Crippen LogP contribution in [0.3, 0.4) is 0 Å². The van der Waals surface area contributed by atoms with Gasteiger partial charge in [0, 0.05) is 42.1 Å². The number of aryl methyl sites for hydroxylation is 3. The molecule has 0 radical (unpaired) electrons. The van der Waals surface area contributed by atoms with Gasteiger partial charge in [0.05, 0.1) is 11.8 Å². The number of fused-ring (bicyclic) bond motifs is 1. The van der Waals surface area contributed by atoms with Gasteiger partial charge in [-0.25, -0.2) is 0 Å². The second-order valence-corrected chi connectivity index (χ2v) is 8.68. The van der Waals surface area contributed by atoms with Crippen molar-refractivity contribution >= 4 is 17.1 Å². The predicted molar refractivity (Wildman–Crippen MR) is 129 cm³/mol. The summed E-state index contributed by atoms with van der Waals surface area (Å²) in [6, 6.07) is 12.3. The van der Waals surface area contributed by atoms with Crippen LogP contribution in [-0.2, 0) is 17.6 Å². The molecule has 0 amide bonds. The number of ether oxygens (including phenoxy) is 1. The van der Waals surface area contributed by atoms with E-state index in [1.807, 2.05) is 12.1 Å². The van der Waals surface area contributed by atoms with Gasteiger partial charge in [-0.05, 0) is 67.9 Å². The van der Waals surface area contributed by atoms with Crippen LogP contribution in [0, 0.1) is 12.8 Å². The lowest BCUT2D eigenvalue weighted by atomic mass is 9.76. The van der Waals surface area contributed by atoms with Crippen LogP contribution >= 0.6 is 0 Å². The van der Waals surface area contributed by atoms with Crippen LogP contribution in [-0.4, -0.2) is 30.1 Å². The zero-order valence-corrected chi connectivity index (χ0v) is 19.1. The van der Waals surface area contributed by atoms with Crippen molar-refractivity contribution in [3.05, 3.63) is 64.7 Å². The number of nitrogens with zero attached hydrogens (tertiary/aromatic N) is 1. The molecule has 0 bridgehead atoms. The summed E-state index contributed by atoms with van der Waals surface area (Å²) in [7, 11) is 1.81. The van der Waals surface area contributed by atoms with Gasteiger partial charge in [-0.3, -0.25) is 4.99 Å². The first-order chi connectivity index (χ1) is 15.0. The first-order valence-electron chi connectivity index (χ1n) is 11.5. The van der Waals surface area contributed by atoms with Crippen LogP contribution in [0.5, 0.6) is 5.75 Å². The summed E-state index contributed by atoms with van der Waals surface area (Å²) in [6.45, 7) is 6.49. The quantitative estimate of drug-likeness (QED) is 0.612. The first kappa shape index (κ1) is 21.6. The lowest BCUT2D eigenvalue weighted by Crippen LogP contribution is -2.46. The van der Waals surface area contributed by atoms with Crippen LogP contribution in [0.15, 0.2) is 47.5 Å². The van der Waals surface area contributed by atoms with Crippen LogP contribution < -0.4 is 5.32 Å². The Bertz CT molecular complexity index is 986. The van der Waals surface area contributed by atoms with Gasteiger partial charge >= 0.3 is 0 Å². The average Bonchev–Trinajstić information content (AvgIpc) is 2.80. The van der Waals surface area contributed by atoms with Crippen molar-refractivity contribution in [2.24, 2.45) is 10.9 Å². The minimum atomic E-state index is -0.0208. The molecular weight excluding hydrogens is 384 g/mol. The largest absolute Gasteiger partial charge is 0.508 e. The molecule has 2 aromatic carbocycles. The van der Waals surface area contributed by atoms with Gasteiger partial charge in [-0.15, -0.1) is 0 Å². The Labute approximate surface area is 186 Å². The molecule has 1 saturated carbocycles. The van der Waals surface area contributed by atoms with E-state index >= 15 is 0 Å². The van der Waals surface area contributed by atoms with Gasteiger partial charge in [0.1, 0.15) is 5.75 Å². The number of phenolic OH excluding ortho intramolecular Hbond substituents is 1. The Balaban J connectivity index is 1.70. The summed E-state index contributed by atoms with van der Waals surface area (Å²) in [6.07, 6.45) is 7.37. The maximum absolute atomic E-state index is 9.96. The van der Waals surface area contributed by atoms with E-state index in [0.717, 1.165) is 49.1 Å². The summed E-state index contributed by atoms with van der Waals surface area (Å²) in [5, 5.41) is 13.7. The maximum atomic E-state index is 9.96. The molecule has 1 fully saturated rings. The van der Waals surface area contributed by atoms with E-state index in [9.17, 15) is 5.11 Å². The van der Waals surface area contributed by atoms with Crippen molar-refractivity contribution < 1.29 is 9.84 Å². The molecule has 0 aromatic heterocycles. The highest BCUT2D eigenvalue weighted by atomic mass is 16.5. The fourth-order valence-electron chi connectivity index (χ4n) is 5.13. The highest BCUT2D eigenvalue weighted by molar-refractivity contribution is 5.96. The van der Waals surface area contributed by atoms with Gasteiger partial charge in [0.2, 0.25) is 0 Å². The van der Waals surface area contributed by atoms with Crippen molar-refractivity contribution in [1.82, 2.24) is 0 Å². The second-order valence-electron chi connectivity index (χ2n) is 8.68. The predicted octanol–water partition coefficient (Wildman–Crippen LogP) is 5.92. The third kappa shape index (κ3) is 4.27. The van der Waals surface area contributed by atoms with E-state index in [2.05, 4.69) is 50.4 Å². The number of rotatable bonds is 6. The number of aliphatic imine (C=N–C) groups is 1. The molecule has 164 valence electrons. The van der Waals surface area contributed by atoms with Crippen molar-refractivity contribution in [3.63, 3.8) is 0 Å². The zero-order valence-electron chi connectivity index (χ0n) is 19.1. The number of benzene rings is 2. The van der Waals surface area contributed by atoms with Crippen LogP contribution in [0.4, 0.5) is 5.69 Å². The number of phenols is 1. The monoisotopic (exact) mass is 418 g/mol. The molecule has 1 aliphatic carbocycles. The molecule has 0 spiro atoms. The molecule has 4 rings (SSSR count). The smallest absolute Gasteiger partial charge is 0.117 e. The average molecular weight is 419 g/mol. The lowest BCUT2D eigenvalue weighted by molar-refractivity contribution is 0.100. The third-order valence-corrected chi connectivity index (χ3v) is 6.80. The van der Waals surface area contributed by atoms with Crippen molar-refractivity contribution in [2.45, 2.75) is 65.0 Å². The molecule has 2 N–H and O–H groups in total. The molecular formula is C27H34N2O2. The van der Waals surface area contributed by atoms with Gasteiger partial charge in [-0.1, -0.05) is 38.1 Å². The van der Waals surface area contributed by atoms with Crippen LogP contribution in [0.1, 0.15) is 55.4 Å². The van der Waals surface area contributed by atoms with Crippen molar-refractivity contribution in [1.29, 1.82) is 0 Å². The Kier molecular flexibility index (Phi) is 6.47. The Morgan fingerprint density at radius 3 is 2.55 bits per heavy atom. The molecule has 4 heteroatoms. The number of anilines is 1. The fraction of sp³-hybridized carbons (Fsp3) is 0.444. The maximum Gasteiger partial charge on any atom is 0.117 e. The van der Waals surface area contributed by atoms with E-state index in [1.165, 1.54) is 22.4 Å². The summed E-state index contributed by atoms with van der Waals surface area (Å²) in [5.74, 6) is 0.485. The topological polar surface area (TPSA) is 53.8 Å². The number of hydrogen-bond acceptors (Lipinski definition) is 4. The normalized spacial score (nSPS) is 23.0. The number of hydrogen-bond donors (Lipinski definition) is 2. The van der Waals surface area contributed by atoms with Gasteiger partial charge in [-0.2, -0.15) is 0 Å². The Hall–Kier alpha value is -2.59. The van der Waals surface area contributed by atoms with Crippen LogP contribution in [0.2, 0.25) is 0 Å². The molecule has 3 unspecified atom stereocenters. The van der Waals surface area contributed by atoms with E-state index in [1.54, 1.807) is 13.2 Å². The highest BCUT2D eigenvalue weighted by Gasteiger charge is 2.39. The SMILES string of the molecule is CCc1cccc(CC)c1C1=CC(OC)C2C(=N1)CCCC2Nc1cc(O)ccc1C. The van der Waals surface area contributed by atoms with Gasteiger partial charge < -0.3 is 15.2 Å². The number of nitrogens with one attached hydrogen (secondary N) is 1. The molecule has 3 atom stereocenters. The number of aromatic hydroxyl groups is 1. The first-order valence-corrected chi connectivity index (χ1v) is 11.5. The molecule has 0 saturated heterocycles. The molecule has 2 aliphatic rings. The standard InChI is InChI=1S/C27H34N2O2/c1-5-18-9-7-10-19(6-2)26(18)24-16-25(31-4)27-21(11-8-12-22(27)29-24)28-23-15-20(30)14-13-17(23)3/h7,9-10,13-16,21,25,27-28,30H,5-6,8,11-12H2,1-4H3. The highest BCUT2D eigenvalue weighted by Crippen LogP contribution is 2.38. The summed E-state index contributed by atoms with van der Waals surface area (Å²) in [4.78, 5) is 5.23. The van der Waals surface area contributed by atoms with Crippen LogP contribution in [0.25, 0.3) is 5.70 Å². The minimum Gasteiger partial charge on any atom is -0.508 e. The lowest BCUT2D eigenvalue weighted by Gasteiger charge is -2.40. The zero-order chi connectivity index (χ0) is 22.0. The minimum absolute atomic E-state index is 0.0208.